The molecule has 0 aliphatic carbocycles. The van der Waals surface area contributed by atoms with E-state index < -0.39 is 0 Å². The van der Waals surface area contributed by atoms with Crippen molar-refractivity contribution in [2.45, 2.75) is 26.8 Å². The predicted octanol–water partition coefficient (Wildman–Crippen LogP) is 6.96. The Kier molecular flexibility index (Phi) is 6.81. The summed E-state index contributed by atoms with van der Waals surface area (Å²) in [6.45, 7) is 4.57. The Bertz CT molecular complexity index is 969. The summed E-state index contributed by atoms with van der Waals surface area (Å²) in [5.41, 5.74) is 2.53. The van der Waals surface area contributed by atoms with Crippen LogP contribution in [0.25, 0.3) is 11.3 Å². The van der Waals surface area contributed by atoms with E-state index in [1.807, 2.05) is 68.4 Å². The predicted molar refractivity (Wildman–Crippen MR) is 119 cm³/mol. The number of benzene rings is 2. The SMILES string of the molecule is CC(C)CC(=O)Nc1cccc(NCc2ccc(-c3ccc(Br)cc3Cl)o2)c1. The Morgan fingerprint density at radius 3 is 2.64 bits per heavy atom. The van der Waals surface area contributed by atoms with Crippen LogP contribution in [0.15, 0.2) is 63.5 Å². The van der Waals surface area contributed by atoms with Gasteiger partial charge in [0.15, 0.2) is 0 Å². The van der Waals surface area contributed by atoms with Crippen LogP contribution in [0.5, 0.6) is 0 Å². The van der Waals surface area contributed by atoms with Crippen molar-refractivity contribution in [3.05, 3.63) is 69.9 Å². The van der Waals surface area contributed by atoms with Crippen molar-refractivity contribution in [3.8, 4) is 11.3 Å². The van der Waals surface area contributed by atoms with Crippen LogP contribution in [-0.4, -0.2) is 5.91 Å². The van der Waals surface area contributed by atoms with Crippen molar-refractivity contribution in [3.63, 3.8) is 0 Å². The number of furan rings is 1. The lowest BCUT2D eigenvalue weighted by Crippen LogP contribution is -2.13. The van der Waals surface area contributed by atoms with E-state index in [2.05, 4.69) is 26.6 Å². The average Bonchev–Trinajstić information content (AvgIpc) is 3.08. The Morgan fingerprint density at radius 2 is 1.89 bits per heavy atom. The van der Waals surface area contributed by atoms with Crippen molar-refractivity contribution in [1.29, 1.82) is 0 Å². The number of anilines is 2. The second-order valence-electron chi connectivity index (χ2n) is 6.97. The van der Waals surface area contributed by atoms with Gasteiger partial charge in [0.2, 0.25) is 5.91 Å². The third kappa shape index (κ3) is 5.63. The Hall–Kier alpha value is -2.24. The standard InChI is InChI=1S/C22H22BrClN2O2/c1-14(2)10-22(27)26-17-5-3-4-16(12-17)25-13-18-7-9-21(28-18)19-8-6-15(23)11-20(19)24/h3-9,11-12,14,25H,10,13H2,1-2H3,(H,26,27). The lowest BCUT2D eigenvalue weighted by Gasteiger charge is -2.10. The van der Waals surface area contributed by atoms with Crippen LogP contribution in [0.1, 0.15) is 26.0 Å². The summed E-state index contributed by atoms with van der Waals surface area (Å²) in [5.74, 6) is 1.87. The van der Waals surface area contributed by atoms with Crippen LogP contribution < -0.4 is 10.6 Å². The fourth-order valence-corrected chi connectivity index (χ4v) is 3.55. The molecule has 1 amide bonds. The first-order valence-corrected chi connectivity index (χ1v) is 10.3. The van der Waals surface area contributed by atoms with Gasteiger partial charge >= 0.3 is 0 Å². The van der Waals surface area contributed by atoms with Crippen molar-refractivity contribution < 1.29 is 9.21 Å². The van der Waals surface area contributed by atoms with E-state index in [0.717, 1.165) is 32.9 Å². The molecule has 1 heterocycles. The summed E-state index contributed by atoms with van der Waals surface area (Å²) >= 11 is 9.70. The van der Waals surface area contributed by atoms with Crippen LogP contribution in [0.3, 0.4) is 0 Å². The van der Waals surface area contributed by atoms with Crippen LogP contribution in [0.2, 0.25) is 5.02 Å². The van der Waals surface area contributed by atoms with Gasteiger partial charge < -0.3 is 15.1 Å². The van der Waals surface area contributed by atoms with Crippen molar-refractivity contribution in [2.75, 3.05) is 10.6 Å². The molecule has 0 atom stereocenters. The minimum atomic E-state index is 0.0224. The number of hydrogen-bond donors (Lipinski definition) is 2. The lowest BCUT2D eigenvalue weighted by atomic mass is 10.1. The molecule has 0 saturated heterocycles. The molecule has 0 fully saturated rings. The fraction of sp³-hybridized carbons (Fsp3) is 0.227. The Balaban J connectivity index is 1.63. The third-order valence-electron chi connectivity index (χ3n) is 4.06. The molecule has 0 aliphatic rings. The largest absolute Gasteiger partial charge is 0.459 e. The van der Waals surface area contributed by atoms with E-state index in [1.54, 1.807) is 0 Å². The quantitative estimate of drug-likeness (QED) is 0.400. The van der Waals surface area contributed by atoms with Gasteiger partial charge in [-0.1, -0.05) is 47.4 Å². The van der Waals surface area contributed by atoms with Gasteiger partial charge in [-0.3, -0.25) is 4.79 Å². The highest BCUT2D eigenvalue weighted by Crippen LogP contribution is 2.31. The normalized spacial score (nSPS) is 10.9. The van der Waals surface area contributed by atoms with Crippen molar-refractivity contribution >= 4 is 44.8 Å². The van der Waals surface area contributed by atoms with Gasteiger partial charge in [-0.2, -0.15) is 0 Å². The fourth-order valence-electron chi connectivity index (χ4n) is 2.79. The van der Waals surface area contributed by atoms with E-state index in [9.17, 15) is 4.79 Å². The number of halogens is 2. The van der Waals surface area contributed by atoms with Crippen molar-refractivity contribution in [2.24, 2.45) is 5.92 Å². The van der Waals surface area contributed by atoms with Gasteiger partial charge in [-0.15, -0.1) is 0 Å². The van der Waals surface area contributed by atoms with E-state index in [4.69, 9.17) is 16.0 Å². The number of rotatable bonds is 7. The average molecular weight is 462 g/mol. The third-order valence-corrected chi connectivity index (χ3v) is 4.87. The molecule has 0 saturated carbocycles. The van der Waals surface area contributed by atoms with E-state index in [1.165, 1.54) is 0 Å². The van der Waals surface area contributed by atoms with Gasteiger partial charge in [-0.25, -0.2) is 0 Å². The number of carbonyl (C=O) groups excluding carboxylic acids is 1. The number of nitrogens with one attached hydrogen (secondary N) is 2. The highest BCUT2D eigenvalue weighted by molar-refractivity contribution is 9.10. The highest BCUT2D eigenvalue weighted by atomic mass is 79.9. The molecule has 0 unspecified atom stereocenters. The Labute approximate surface area is 178 Å². The van der Waals surface area contributed by atoms with Crippen LogP contribution >= 0.6 is 27.5 Å². The van der Waals surface area contributed by atoms with Gasteiger partial charge in [0.05, 0.1) is 11.6 Å². The second-order valence-corrected chi connectivity index (χ2v) is 8.29. The first kappa shape index (κ1) is 20.5. The molecule has 3 aromatic rings. The van der Waals surface area contributed by atoms with E-state index >= 15 is 0 Å². The van der Waals surface area contributed by atoms with E-state index in [-0.39, 0.29) is 5.91 Å². The first-order chi connectivity index (χ1) is 13.4. The van der Waals surface area contributed by atoms with Crippen molar-refractivity contribution in [1.82, 2.24) is 0 Å². The molecule has 146 valence electrons. The molecule has 0 spiro atoms. The number of carbonyl (C=O) groups is 1. The maximum atomic E-state index is 11.9. The lowest BCUT2D eigenvalue weighted by molar-refractivity contribution is -0.116. The molecule has 6 heteroatoms. The zero-order valence-corrected chi connectivity index (χ0v) is 18.1. The minimum absolute atomic E-state index is 0.0224. The summed E-state index contributed by atoms with van der Waals surface area (Å²) in [7, 11) is 0. The molecular formula is C22H22BrClN2O2. The molecule has 3 rings (SSSR count). The number of amides is 1. The van der Waals surface area contributed by atoms with E-state index in [0.29, 0.717) is 23.9 Å². The smallest absolute Gasteiger partial charge is 0.224 e. The molecular weight excluding hydrogens is 440 g/mol. The summed E-state index contributed by atoms with van der Waals surface area (Å²) in [6.07, 6.45) is 0.505. The minimum Gasteiger partial charge on any atom is -0.459 e. The highest BCUT2D eigenvalue weighted by Gasteiger charge is 2.10. The maximum Gasteiger partial charge on any atom is 0.224 e. The van der Waals surface area contributed by atoms with Crippen LogP contribution in [0.4, 0.5) is 11.4 Å². The van der Waals surface area contributed by atoms with Gasteiger partial charge in [0, 0.05) is 27.8 Å². The molecule has 28 heavy (non-hydrogen) atoms. The molecule has 1 aromatic heterocycles. The monoisotopic (exact) mass is 460 g/mol. The molecule has 4 nitrogen and oxygen atoms in total. The second kappa shape index (κ2) is 9.30. The number of hydrogen-bond acceptors (Lipinski definition) is 3. The van der Waals surface area contributed by atoms with Gasteiger partial charge in [0.25, 0.3) is 0 Å². The maximum absolute atomic E-state index is 11.9. The van der Waals surface area contributed by atoms with Crippen LogP contribution in [-0.2, 0) is 11.3 Å². The van der Waals surface area contributed by atoms with Gasteiger partial charge in [-0.05, 0) is 54.4 Å². The topological polar surface area (TPSA) is 54.3 Å². The first-order valence-electron chi connectivity index (χ1n) is 9.08. The summed E-state index contributed by atoms with van der Waals surface area (Å²) in [6, 6.07) is 17.2. The summed E-state index contributed by atoms with van der Waals surface area (Å²) in [4.78, 5) is 11.9. The molecule has 0 aliphatic heterocycles. The molecule has 2 aromatic carbocycles. The molecule has 2 N–H and O–H groups in total. The summed E-state index contributed by atoms with van der Waals surface area (Å²) < 4.78 is 6.84. The van der Waals surface area contributed by atoms with Crippen LogP contribution in [0, 0.1) is 5.92 Å². The molecule has 0 radical (unpaired) electrons. The van der Waals surface area contributed by atoms with Gasteiger partial charge in [0.1, 0.15) is 11.5 Å². The molecule has 0 bridgehead atoms. The summed E-state index contributed by atoms with van der Waals surface area (Å²) in [5, 5.41) is 6.88. The Morgan fingerprint density at radius 1 is 1.11 bits per heavy atom. The zero-order chi connectivity index (χ0) is 20.1. The zero-order valence-electron chi connectivity index (χ0n) is 15.8.